The summed E-state index contributed by atoms with van der Waals surface area (Å²) in [4.78, 5) is 29.9. The molecule has 170 valence electrons. The average molecular weight is 438 g/mol. The van der Waals surface area contributed by atoms with E-state index in [1.165, 1.54) is 0 Å². The SMILES string of the molecule is CCCCN(CC(=O)N(Cc1ccco1)Cc1cccn1C)C(=O)c1ccc(OC)cc1. The van der Waals surface area contributed by atoms with E-state index in [0.717, 1.165) is 18.5 Å². The van der Waals surface area contributed by atoms with Crippen LogP contribution < -0.4 is 4.74 Å². The first-order valence-electron chi connectivity index (χ1n) is 10.9. The van der Waals surface area contributed by atoms with Gasteiger partial charge in [0, 0.05) is 31.0 Å². The van der Waals surface area contributed by atoms with E-state index >= 15 is 0 Å². The number of amides is 2. The van der Waals surface area contributed by atoms with Crippen LogP contribution in [0.5, 0.6) is 5.75 Å². The van der Waals surface area contributed by atoms with E-state index in [-0.39, 0.29) is 18.4 Å². The van der Waals surface area contributed by atoms with Gasteiger partial charge in [0.15, 0.2) is 0 Å². The molecule has 2 aromatic heterocycles. The van der Waals surface area contributed by atoms with Gasteiger partial charge >= 0.3 is 0 Å². The van der Waals surface area contributed by atoms with E-state index in [4.69, 9.17) is 9.15 Å². The van der Waals surface area contributed by atoms with Crippen molar-refractivity contribution in [2.45, 2.75) is 32.9 Å². The molecule has 7 heteroatoms. The lowest BCUT2D eigenvalue weighted by atomic mass is 10.1. The highest BCUT2D eigenvalue weighted by molar-refractivity contribution is 5.96. The molecule has 0 saturated heterocycles. The first-order chi connectivity index (χ1) is 15.5. The number of aryl methyl sites for hydroxylation is 1. The van der Waals surface area contributed by atoms with E-state index in [1.54, 1.807) is 53.5 Å². The molecule has 0 spiro atoms. The molecule has 3 aromatic rings. The highest BCUT2D eigenvalue weighted by Crippen LogP contribution is 2.16. The Bertz CT molecular complexity index is 993. The van der Waals surface area contributed by atoms with Gasteiger partial charge < -0.3 is 23.5 Å². The molecule has 3 rings (SSSR count). The molecule has 0 aliphatic carbocycles. The van der Waals surface area contributed by atoms with Crippen molar-refractivity contribution in [1.29, 1.82) is 0 Å². The van der Waals surface area contributed by atoms with Gasteiger partial charge in [0.2, 0.25) is 5.91 Å². The van der Waals surface area contributed by atoms with Gasteiger partial charge in [-0.3, -0.25) is 9.59 Å². The van der Waals surface area contributed by atoms with Gasteiger partial charge in [-0.2, -0.15) is 0 Å². The molecule has 2 amide bonds. The van der Waals surface area contributed by atoms with Crippen LogP contribution in [-0.4, -0.2) is 46.4 Å². The minimum Gasteiger partial charge on any atom is -0.497 e. The smallest absolute Gasteiger partial charge is 0.254 e. The molecule has 0 aliphatic rings. The van der Waals surface area contributed by atoms with Crippen molar-refractivity contribution in [3.8, 4) is 5.75 Å². The molecular formula is C25H31N3O4. The number of ether oxygens (including phenoxy) is 1. The van der Waals surface area contributed by atoms with Crippen LogP contribution >= 0.6 is 0 Å². The van der Waals surface area contributed by atoms with Crippen molar-refractivity contribution in [1.82, 2.24) is 14.4 Å². The summed E-state index contributed by atoms with van der Waals surface area (Å²) >= 11 is 0. The molecule has 2 heterocycles. The lowest BCUT2D eigenvalue weighted by Gasteiger charge is -2.27. The van der Waals surface area contributed by atoms with Crippen molar-refractivity contribution in [2.24, 2.45) is 7.05 Å². The summed E-state index contributed by atoms with van der Waals surface area (Å²) in [6.07, 6.45) is 5.30. The lowest BCUT2D eigenvalue weighted by Crippen LogP contribution is -2.43. The van der Waals surface area contributed by atoms with Gasteiger partial charge in [-0.1, -0.05) is 13.3 Å². The van der Waals surface area contributed by atoms with Crippen LogP contribution in [0.15, 0.2) is 65.4 Å². The molecule has 0 N–H and O–H groups in total. The summed E-state index contributed by atoms with van der Waals surface area (Å²) < 4.78 is 12.6. The number of hydrogen-bond acceptors (Lipinski definition) is 4. The third kappa shape index (κ3) is 6.03. The van der Waals surface area contributed by atoms with Crippen molar-refractivity contribution in [3.63, 3.8) is 0 Å². The number of carbonyl (C=O) groups is 2. The first-order valence-corrected chi connectivity index (χ1v) is 10.9. The van der Waals surface area contributed by atoms with Gasteiger partial charge in [0.25, 0.3) is 5.91 Å². The highest BCUT2D eigenvalue weighted by Gasteiger charge is 2.23. The molecule has 0 aliphatic heterocycles. The van der Waals surface area contributed by atoms with E-state index in [1.807, 2.05) is 36.0 Å². The second kappa shape index (κ2) is 11.2. The molecule has 0 bridgehead atoms. The maximum absolute atomic E-state index is 13.4. The van der Waals surface area contributed by atoms with Gasteiger partial charge in [0.05, 0.1) is 26.5 Å². The quantitative estimate of drug-likeness (QED) is 0.453. The number of rotatable bonds is 11. The van der Waals surface area contributed by atoms with Crippen molar-refractivity contribution in [2.75, 3.05) is 20.2 Å². The van der Waals surface area contributed by atoms with Crippen LogP contribution in [0.2, 0.25) is 0 Å². The summed E-state index contributed by atoms with van der Waals surface area (Å²) in [5.41, 5.74) is 1.54. The molecule has 0 unspecified atom stereocenters. The van der Waals surface area contributed by atoms with E-state index < -0.39 is 0 Å². The van der Waals surface area contributed by atoms with E-state index in [9.17, 15) is 9.59 Å². The van der Waals surface area contributed by atoms with Crippen LogP contribution in [0.3, 0.4) is 0 Å². The second-order valence-electron chi connectivity index (χ2n) is 7.75. The van der Waals surface area contributed by atoms with Gasteiger partial charge in [-0.15, -0.1) is 0 Å². The molecule has 1 aromatic carbocycles. The molecule has 0 saturated carbocycles. The summed E-state index contributed by atoms with van der Waals surface area (Å²) in [6, 6.07) is 14.6. The minimum atomic E-state index is -0.161. The third-order valence-electron chi connectivity index (χ3n) is 5.42. The van der Waals surface area contributed by atoms with Crippen molar-refractivity contribution < 1.29 is 18.7 Å². The molecule has 0 radical (unpaired) electrons. The van der Waals surface area contributed by atoms with Crippen molar-refractivity contribution in [3.05, 3.63) is 78.0 Å². The minimum absolute atomic E-state index is 0.00991. The number of unbranched alkanes of at least 4 members (excludes halogenated alkanes) is 1. The number of carbonyl (C=O) groups excluding carboxylic acids is 2. The Morgan fingerprint density at radius 1 is 1.03 bits per heavy atom. The third-order valence-corrected chi connectivity index (χ3v) is 5.42. The predicted octanol–water partition coefficient (Wildman–Crippen LogP) is 4.10. The van der Waals surface area contributed by atoms with Gasteiger partial charge in [0.1, 0.15) is 18.1 Å². The van der Waals surface area contributed by atoms with Crippen LogP contribution in [0, 0.1) is 0 Å². The summed E-state index contributed by atoms with van der Waals surface area (Å²) in [7, 11) is 3.54. The predicted molar refractivity (Wildman–Crippen MR) is 122 cm³/mol. The summed E-state index contributed by atoms with van der Waals surface area (Å²) in [5.74, 6) is 1.10. The summed E-state index contributed by atoms with van der Waals surface area (Å²) in [5, 5.41) is 0. The Morgan fingerprint density at radius 3 is 2.41 bits per heavy atom. The zero-order valence-corrected chi connectivity index (χ0v) is 19.0. The molecule has 0 atom stereocenters. The number of hydrogen-bond donors (Lipinski definition) is 0. The Morgan fingerprint density at radius 2 is 1.81 bits per heavy atom. The van der Waals surface area contributed by atoms with E-state index in [0.29, 0.717) is 36.7 Å². The Hall–Kier alpha value is -3.48. The maximum Gasteiger partial charge on any atom is 0.254 e. The number of aromatic nitrogens is 1. The van der Waals surface area contributed by atoms with Crippen LogP contribution in [0.25, 0.3) is 0 Å². The topological polar surface area (TPSA) is 67.9 Å². The lowest BCUT2D eigenvalue weighted by molar-refractivity contribution is -0.133. The normalized spacial score (nSPS) is 10.7. The summed E-state index contributed by atoms with van der Waals surface area (Å²) in [6.45, 7) is 3.37. The van der Waals surface area contributed by atoms with Crippen LogP contribution in [0.4, 0.5) is 0 Å². The monoisotopic (exact) mass is 437 g/mol. The number of nitrogens with zero attached hydrogens (tertiary/aromatic N) is 3. The Balaban J connectivity index is 1.78. The maximum atomic E-state index is 13.4. The fraction of sp³-hybridized carbons (Fsp3) is 0.360. The fourth-order valence-corrected chi connectivity index (χ4v) is 3.46. The van der Waals surface area contributed by atoms with Gasteiger partial charge in [-0.25, -0.2) is 0 Å². The van der Waals surface area contributed by atoms with Crippen LogP contribution in [0.1, 0.15) is 41.6 Å². The van der Waals surface area contributed by atoms with Crippen LogP contribution in [-0.2, 0) is 24.9 Å². The van der Waals surface area contributed by atoms with Gasteiger partial charge in [-0.05, 0) is 55.0 Å². The number of benzene rings is 1. The zero-order valence-electron chi connectivity index (χ0n) is 19.0. The zero-order chi connectivity index (χ0) is 22.9. The average Bonchev–Trinajstić information content (AvgIpc) is 3.47. The Kier molecular flexibility index (Phi) is 8.14. The largest absolute Gasteiger partial charge is 0.497 e. The fourth-order valence-electron chi connectivity index (χ4n) is 3.46. The highest BCUT2D eigenvalue weighted by atomic mass is 16.5. The van der Waals surface area contributed by atoms with Crippen molar-refractivity contribution >= 4 is 11.8 Å². The molecule has 7 nitrogen and oxygen atoms in total. The molecule has 0 fully saturated rings. The first kappa shape index (κ1) is 23.2. The second-order valence-corrected chi connectivity index (χ2v) is 7.75. The Labute approximate surface area is 189 Å². The standard InChI is InChI=1S/C25H31N3O4/c1-4-5-15-27(25(30)20-10-12-22(31-3)13-11-20)19-24(29)28(18-23-9-7-16-32-23)17-21-8-6-14-26(21)2/h6-14,16H,4-5,15,17-19H2,1-3H3. The molecular weight excluding hydrogens is 406 g/mol. The number of methoxy groups -OCH3 is 1. The molecule has 32 heavy (non-hydrogen) atoms. The van der Waals surface area contributed by atoms with E-state index in [2.05, 4.69) is 6.92 Å². The number of furan rings is 1.